The van der Waals surface area contributed by atoms with Gasteiger partial charge in [0.25, 0.3) is 5.56 Å². The molecular formula is C12H14N4O3. The lowest BCUT2D eigenvalue weighted by Gasteiger charge is -2.13. The van der Waals surface area contributed by atoms with Crippen LogP contribution in [0.5, 0.6) is 0 Å². The summed E-state index contributed by atoms with van der Waals surface area (Å²) in [7, 11) is 0. The smallest absolute Gasteiger partial charge is 0.337 e. The number of carboxylic acids is 1. The van der Waals surface area contributed by atoms with Gasteiger partial charge in [-0.25, -0.2) is 4.79 Å². The second-order valence-electron chi connectivity index (χ2n) is 4.25. The van der Waals surface area contributed by atoms with Crippen molar-refractivity contribution >= 4 is 5.97 Å². The highest BCUT2D eigenvalue weighted by atomic mass is 16.4. The molecule has 0 fully saturated rings. The van der Waals surface area contributed by atoms with Gasteiger partial charge < -0.3 is 9.67 Å². The molecule has 0 aliphatic carbocycles. The molecule has 0 aromatic carbocycles. The molecule has 0 bridgehead atoms. The van der Waals surface area contributed by atoms with Gasteiger partial charge in [-0.15, -0.1) is 5.10 Å². The van der Waals surface area contributed by atoms with Gasteiger partial charge in [0, 0.05) is 24.5 Å². The summed E-state index contributed by atoms with van der Waals surface area (Å²) in [6.07, 6.45) is 3.24. The van der Waals surface area contributed by atoms with Crippen LogP contribution in [0.1, 0.15) is 21.6 Å². The third-order valence-electron chi connectivity index (χ3n) is 3.01. The quantitative estimate of drug-likeness (QED) is 0.864. The van der Waals surface area contributed by atoms with Gasteiger partial charge in [0.15, 0.2) is 0 Å². The zero-order chi connectivity index (χ0) is 14.0. The molecule has 2 heterocycles. The molecule has 7 nitrogen and oxygen atoms in total. The summed E-state index contributed by atoms with van der Waals surface area (Å²) < 4.78 is 3.03. The molecule has 7 heteroatoms. The van der Waals surface area contributed by atoms with Crippen molar-refractivity contribution in [2.24, 2.45) is 0 Å². The van der Waals surface area contributed by atoms with Crippen LogP contribution in [0, 0.1) is 13.8 Å². The predicted octanol–water partition coefficient (Wildman–Crippen LogP) is 0.455. The lowest BCUT2D eigenvalue weighted by atomic mass is 10.1. The van der Waals surface area contributed by atoms with Crippen LogP contribution in [-0.2, 0) is 13.1 Å². The van der Waals surface area contributed by atoms with Crippen molar-refractivity contribution in [1.29, 1.82) is 0 Å². The maximum atomic E-state index is 11.9. The second kappa shape index (κ2) is 5.05. The van der Waals surface area contributed by atoms with Crippen LogP contribution in [0.3, 0.4) is 0 Å². The number of hydrogen-bond donors (Lipinski definition) is 1. The van der Waals surface area contributed by atoms with Gasteiger partial charge in [0.05, 0.1) is 18.3 Å². The van der Waals surface area contributed by atoms with E-state index in [2.05, 4.69) is 10.3 Å². The number of nitrogens with zero attached hydrogens (tertiary/aromatic N) is 4. The molecule has 0 aliphatic rings. The molecule has 0 amide bonds. The molecular weight excluding hydrogens is 248 g/mol. The summed E-state index contributed by atoms with van der Waals surface area (Å²) in [6.45, 7) is 4.08. The van der Waals surface area contributed by atoms with E-state index in [-0.39, 0.29) is 11.1 Å². The standard InChI is InChI=1S/C12H14N4O3/c1-8-7-10(17)16(9(2)11(8)12(18)19)6-5-15-4-3-13-14-15/h3-4,7H,5-6H2,1-2H3,(H,18,19). The third kappa shape index (κ3) is 2.54. The lowest BCUT2D eigenvalue weighted by molar-refractivity contribution is 0.0694. The Morgan fingerprint density at radius 2 is 2.11 bits per heavy atom. The van der Waals surface area contributed by atoms with E-state index < -0.39 is 5.97 Å². The minimum atomic E-state index is -1.02. The molecule has 2 aromatic heterocycles. The van der Waals surface area contributed by atoms with Crippen LogP contribution in [0.4, 0.5) is 0 Å². The van der Waals surface area contributed by atoms with Crippen LogP contribution >= 0.6 is 0 Å². The molecule has 1 N–H and O–H groups in total. The molecule has 19 heavy (non-hydrogen) atoms. The highest BCUT2D eigenvalue weighted by Crippen LogP contribution is 2.11. The number of rotatable bonds is 4. The van der Waals surface area contributed by atoms with Crippen LogP contribution in [0.15, 0.2) is 23.3 Å². The first-order valence-corrected chi connectivity index (χ1v) is 5.79. The molecule has 0 unspecified atom stereocenters. The van der Waals surface area contributed by atoms with E-state index in [1.807, 2.05) is 0 Å². The van der Waals surface area contributed by atoms with E-state index >= 15 is 0 Å². The van der Waals surface area contributed by atoms with Crippen molar-refractivity contribution in [3.63, 3.8) is 0 Å². The van der Waals surface area contributed by atoms with Gasteiger partial charge in [-0.05, 0) is 19.4 Å². The Hall–Kier alpha value is -2.44. The molecule has 0 radical (unpaired) electrons. The number of carboxylic acid groups (broad SMARTS) is 1. The van der Waals surface area contributed by atoms with Gasteiger partial charge >= 0.3 is 5.97 Å². The Balaban J connectivity index is 2.37. The largest absolute Gasteiger partial charge is 0.478 e. The van der Waals surface area contributed by atoms with Crippen molar-refractivity contribution < 1.29 is 9.90 Å². The second-order valence-corrected chi connectivity index (χ2v) is 4.25. The number of aromatic nitrogens is 4. The first kappa shape index (κ1) is 13.0. The molecule has 100 valence electrons. The first-order valence-electron chi connectivity index (χ1n) is 5.79. The van der Waals surface area contributed by atoms with Crippen molar-refractivity contribution in [1.82, 2.24) is 19.6 Å². The summed E-state index contributed by atoms with van der Waals surface area (Å²) in [6, 6.07) is 1.35. The van der Waals surface area contributed by atoms with Crippen molar-refractivity contribution in [3.8, 4) is 0 Å². The lowest BCUT2D eigenvalue weighted by Crippen LogP contribution is -2.27. The Morgan fingerprint density at radius 3 is 2.68 bits per heavy atom. The summed E-state index contributed by atoms with van der Waals surface area (Å²) in [4.78, 5) is 23.1. The summed E-state index contributed by atoms with van der Waals surface area (Å²) in [5.41, 5.74) is 0.905. The number of pyridine rings is 1. The summed E-state index contributed by atoms with van der Waals surface area (Å²) in [5, 5.41) is 16.6. The molecule has 2 aromatic rings. The van der Waals surface area contributed by atoms with Gasteiger partial charge in [0.1, 0.15) is 0 Å². The van der Waals surface area contributed by atoms with Crippen LogP contribution in [-0.4, -0.2) is 30.6 Å². The molecule has 0 aliphatic heterocycles. The monoisotopic (exact) mass is 262 g/mol. The summed E-state index contributed by atoms with van der Waals surface area (Å²) in [5.74, 6) is -1.02. The topological polar surface area (TPSA) is 90.0 Å². The van der Waals surface area contributed by atoms with E-state index in [1.54, 1.807) is 30.9 Å². The number of aromatic carboxylic acids is 1. The summed E-state index contributed by atoms with van der Waals surface area (Å²) >= 11 is 0. The van der Waals surface area contributed by atoms with Crippen molar-refractivity contribution in [3.05, 3.63) is 45.6 Å². The Labute approximate surface area is 109 Å². The Kier molecular flexibility index (Phi) is 3.46. The minimum absolute atomic E-state index is 0.179. The van der Waals surface area contributed by atoms with Gasteiger partial charge in [-0.1, -0.05) is 5.21 Å². The van der Waals surface area contributed by atoms with Crippen LogP contribution in [0.25, 0.3) is 0 Å². The van der Waals surface area contributed by atoms with E-state index in [1.165, 1.54) is 10.6 Å². The highest BCUT2D eigenvalue weighted by Gasteiger charge is 2.15. The fourth-order valence-corrected chi connectivity index (χ4v) is 2.08. The predicted molar refractivity (Wildman–Crippen MR) is 67.2 cm³/mol. The number of carbonyl (C=O) groups is 1. The average molecular weight is 262 g/mol. The minimum Gasteiger partial charge on any atom is -0.478 e. The van der Waals surface area contributed by atoms with Crippen molar-refractivity contribution in [2.75, 3.05) is 0 Å². The molecule has 0 saturated carbocycles. The van der Waals surface area contributed by atoms with E-state index in [9.17, 15) is 14.7 Å². The van der Waals surface area contributed by atoms with Gasteiger partial charge in [-0.2, -0.15) is 0 Å². The Morgan fingerprint density at radius 1 is 1.37 bits per heavy atom. The molecule has 0 atom stereocenters. The van der Waals surface area contributed by atoms with Crippen molar-refractivity contribution in [2.45, 2.75) is 26.9 Å². The van der Waals surface area contributed by atoms with E-state index in [0.29, 0.717) is 24.3 Å². The zero-order valence-corrected chi connectivity index (χ0v) is 10.7. The van der Waals surface area contributed by atoms with Crippen LogP contribution in [0.2, 0.25) is 0 Å². The normalized spacial score (nSPS) is 10.6. The third-order valence-corrected chi connectivity index (χ3v) is 3.01. The molecule has 0 saturated heterocycles. The zero-order valence-electron chi connectivity index (χ0n) is 10.7. The maximum absolute atomic E-state index is 11.9. The fourth-order valence-electron chi connectivity index (χ4n) is 2.08. The number of hydrogen-bond acceptors (Lipinski definition) is 4. The Bertz CT molecular complexity index is 658. The number of aryl methyl sites for hydroxylation is 2. The maximum Gasteiger partial charge on any atom is 0.337 e. The fraction of sp³-hybridized carbons (Fsp3) is 0.333. The SMILES string of the molecule is Cc1cc(=O)n(CCn2ccnn2)c(C)c1C(=O)O. The van der Waals surface area contributed by atoms with Gasteiger partial charge in [-0.3, -0.25) is 9.48 Å². The molecule has 0 spiro atoms. The molecule has 2 rings (SSSR count). The average Bonchev–Trinajstić information content (AvgIpc) is 2.80. The first-order chi connectivity index (χ1) is 9.00. The van der Waals surface area contributed by atoms with Crippen LogP contribution < -0.4 is 5.56 Å². The van der Waals surface area contributed by atoms with E-state index in [4.69, 9.17) is 0 Å². The highest BCUT2D eigenvalue weighted by molar-refractivity contribution is 5.90. The van der Waals surface area contributed by atoms with E-state index in [0.717, 1.165) is 0 Å². The van der Waals surface area contributed by atoms with Gasteiger partial charge in [0.2, 0.25) is 0 Å².